The van der Waals surface area contributed by atoms with E-state index in [0.29, 0.717) is 5.69 Å². The topological polar surface area (TPSA) is 71.2 Å². The molecule has 0 spiro atoms. The number of esters is 1. The summed E-state index contributed by atoms with van der Waals surface area (Å²) in [7, 11) is 0. The number of carbonyl (C=O) groups excluding carboxylic acids is 2. The highest BCUT2D eigenvalue weighted by Crippen LogP contribution is 2.29. The van der Waals surface area contributed by atoms with Crippen molar-refractivity contribution in [3.63, 3.8) is 0 Å². The van der Waals surface area contributed by atoms with Crippen LogP contribution in [0.5, 0.6) is 0 Å². The van der Waals surface area contributed by atoms with Crippen molar-refractivity contribution in [2.45, 2.75) is 38.3 Å². The van der Waals surface area contributed by atoms with E-state index in [-0.39, 0.29) is 11.9 Å². The van der Waals surface area contributed by atoms with Gasteiger partial charge < -0.3 is 15.0 Å². The minimum absolute atomic E-state index is 0.0248. The molecule has 0 radical (unpaired) electrons. The van der Waals surface area contributed by atoms with Gasteiger partial charge in [0.1, 0.15) is 5.69 Å². The van der Waals surface area contributed by atoms with Gasteiger partial charge in [0.05, 0.1) is 6.04 Å². The molecule has 24 heavy (non-hydrogen) atoms. The van der Waals surface area contributed by atoms with Gasteiger partial charge >= 0.3 is 5.97 Å². The standard InChI is InChI=1S/C18H19BrN2O3/c1-11(24-18(23)16-9-13(19)10-20-16)17(22)21-15-8-4-6-12-5-2-3-7-14(12)15/h2-3,5,7,9-11,15,20H,4,6,8H2,1H3,(H,21,22). The van der Waals surface area contributed by atoms with Gasteiger partial charge in [-0.3, -0.25) is 4.79 Å². The normalized spacial score (nSPS) is 17.7. The van der Waals surface area contributed by atoms with Crippen LogP contribution >= 0.6 is 15.9 Å². The van der Waals surface area contributed by atoms with Gasteiger partial charge in [0, 0.05) is 10.7 Å². The number of carbonyl (C=O) groups is 2. The van der Waals surface area contributed by atoms with E-state index in [0.717, 1.165) is 29.3 Å². The number of hydrogen-bond acceptors (Lipinski definition) is 3. The average molecular weight is 391 g/mol. The fourth-order valence-electron chi connectivity index (χ4n) is 2.96. The second-order valence-electron chi connectivity index (χ2n) is 5.93. The van der Waals surface area contributed by atoms with Crippen molar-refractivity contribution in [3.05, 3.63) is 57.8 Å². The summed E-state index contributed by atoms with van der Waals surface area (Å²) in [6, 6.07) is 9.73. The number of ether oxygens (including phenoxy) is 1. The Morgan fingerprint density at radius 3 is 2.92 bits per heavy atom. The summed E-state index contributed by atoms with van der Waals surface area (Å²) in [4.78, 5) is 27.2. The maximum absolute atomic E-state index is 12.4. The van der Waals surface area contributed by atoms with Crippen LogP contribution in [0, 0.1) is 0 Å². The Morgan fingerprint density at radius 1 is 1.38 bits per heavy atom. The molecular weight excluding hydrogens is 372 g/mol. The molecule has 1 aromatic carbocycles. The van der Waals surface area contributed by atoms with Gasteiger partial charge in [0.2, 0.25) is 0 Å². The molecule has 3 rings (SSSR count). The first-order valence-electron chi connectivity index (χ1n) is 7.97. The Morgan fingerprint density at radius 2 is 2.17 bits per heavy atom. The molecule has 1 aliphatic rings. The van der Waals surface area contributed by atoms with Crippen LogP contribution in [0.3, 0.4) is 0 Å². The van der Waals surface area contributed by atoms with E-state index in [2.05, 4.69) is 32.3 Å². The Kier molecular flexibility index (Phi) is 5.04. The number of nitrogens with one attached hydrogen (secondary N) is 2. The van der Waals surface area contributed by atoms with Gasteiger partial charge in [-0.25, -0.2) is 4.79 Å². The molecule has 1 aliphatic carbocycles. The van der Waals surface area contributed by atoms with Gasteiger partial charge in [-0.2, -0.15) is 0 Å². The third-order valence-corrected chi connectivity index (χ3v) is 4.66. The lowest BCUT2D eigenvalue weighted by Gasteiger charge is -2.27. The van der Waals surface area contributed by atoms with Gasteiger partial charge in [-0.15, -0.1) is 0 Å². The molecule has 2 aromatic rings. The number of rotatable bonds is 4. The molecule has 126 valence electrons. The second kappa shape index (κ2) is 7.21. The summed E-state index contributed by atoms with van der Waals surface area (Å²) in [5.74, 6) is -0.830. The molecule has 6 heteroatoms. The van der Waals surface area contributed by atoms with Crippen LogP contribution in [-0.2, 0) is 16.0 Å². The molecular formula is C18H19BrN2O3. The molecule has 0 bridgehead atoms. The largest absolute Gasteiger partial charge is 0.448 e. The molecule has 1 heterocycles. The zero-order chi connectivity index (χ0) is 17.1. The lowest BCUT2D eigenvalue weighted by Crippen LogP contribution is -2.39. The van der Waals surface area contributed by atoms with Crippen molar-refractivity contribution in [3.8, 4) is 0 Å². The Bertz CT molecular complexity index is 756. The second-order valence-corrected chi connectivity index (χ2v) is 6.85. The first kappa shape index (κ1) is 16.8. The Labute approximate surface area is 148 Å². The van der Waals surface area contributed by atoms with Crippen molar-refractivity contribution < 1.29 is 14.3 Å². The van der Waals surface area contributed by atoms with Gasteiger partial charge in [0.25, 0.3) is 5.91 Å². The third-order valence-electron chi connectivity index (χ3n) is 4.21. The number of aryl methyl sites for hydroxylation is 1. The van der Waals surface area contributed by atoms with Crippen molar-refractivity contribution >= 4 is 27.8 Å². The quantitative estimate of drug-likeness (QED) is 0.784. The van der Waals surface area contributed by atoms with E-state index in [1.54, 1.807) is 19.2 Å². The average Bonchev–Trinajstić information content (AvgIpc) is 3.01. The highest BCUT2D eigenvalue weighted by Gasteiger charge is 2.25. The molecule has 0 aliphatic heterocycles. The SMILES string of the molecule is CC(OC(=O)c1cc(Br)c[nH]1)C(=O)NC1CCCc2ccccc21. The number of fused-ring (bicyclic) bond motifs is 1. The van der Waals surface area contributed by atoms with E-state index in [1.165, 1.54) is 5.56 Å². The van der Waals surface area contributed by atoms with Crippen LogP contribution in [0.25, 0.3) is 0 Å². The molecule has 1 aromatic heterocycles. The molecule has 2 N–H and O–H groups in total. The van der Waals surface area contributed by atoms with Gasteiger partial charge in [-0.05, 0) is 59.3 Å². The number of aromatic nitrogens is 1. The van der Waals surface area contributed by atoms with Crippen LogP contribution in [0.2, 0.25) is 0 Å². The molecule has 0 saturated heterocycles. The van der Waals surface area contributed by atoms with Crippen molar-refractivity contribution in [1.29, 1.82) is 0 Å². The van der Waals surface area contributed by atoms with E-state index in [9.17, 15) is 9.59 Å². The number of halogens is 1. The summed E-state index contributed by atoms with van der Waals surface area (Å²) >= 11 is 3.26. The fourth-order valence-corrected chi connectivity index (χ4v) is 3.30. The highest BCUT2D eigenvalue weighted by molar-refractivity contribution is 9.10. The highest BCUT2D eigenvalue weighted by atomic mass is 79.9. The zero-order valence-electron chi connectivity index (χ0n) is 13.3. The maximum Gasteiger partial charge on any atom is 0.355 e. The molecule has 0 fully saturated rings. The number of aromatic amines is 1. The predicted molar refractivity (Wildman–Crippen MR) is 93.6 cm³/mol. The monoisotopic (exact) mass is 390 g/mol. The van der Waals surface area contributed by atoms with Crippen molar-refractivity contribution in [1.82, 2.24) is 10.3 Å². The van der Waals surface area contributed by atoms with Crippen LogP contribution in [0.15, 0.2) is 41.0 Å². The van der Waals surface area contributed by atoms with Crippen LogP contribution in [-0.4, -0.2) is 23.0 Å². The molecule has 2 unspecified atom stereocenters. The summed E-state index contributed by atoms with van der Waals surface area (Å²) in [6.45, 7) is 1.58. The van der Waals surface area contributed by atoms with Gasteiger partial charge in [-0.1, -0.05) is 24.3 Å². The third kappa shape index (κ3) is 3.70. The Balaban J connectivity index is 1.62. The lowest BCUT2D eigenvalue weighted by molar-refractivity contribution is -0.130. The summed E-state index contributed by atoms with van der Waals surface area (Å²) in [5.41, 5.74) is 2.74. The van der Waals surface area contributed by atoms with Crippen molar-refractivity contribution in [2.24, 2.45) is 0 Å². The number of hydrogen-bond donors (Lipinski definition) is 2. The minimum Gasteiger partial charge on any atom is -0.448 e. The van der Waals surface area contributed by atoms with E-state index >= 15 is 0 Å². The summed E-state index contributed by atoms with van der Waals surface area (Å²) in [6.07, 6.45) is 3.75. The first-order valence-corrected chi connectivity index (χ1v) is 8.77. The van der Waals surface area contributed by atoms with E-state index in [1.807, 2.05) is 18.2 Å². The number of H-pyrrole nitrogens is 1. The smallest absolute Gasteiger partial charge is 0.355 e. The minimum atomic E-state index is -0.853. The fraction of sp³-hybridized carbons (Fsp3) is 0.333. The first-order chi connectivity index (χ1) is 11.5. The number of benzene rings is 1. The van der Waals surface area contributed by atoms with Crippen molar-refractivity contribution in [2.75, 3.05) is 0 Å². The maximum atomic E-state index is 12.4. The summed E-state index contributed by atoms with van der Waals surface area (Å²) < 4.78 is 5.99. The predicted octanol–water partition coefficient (Wildman–Crippen LogP) is 3.52. The van der Waals surface area contributed by atoms with E-state index < -0.39 is 12.1 Å². The molecule has 0 saturated carbocycles. The van der Waals surface area contributed by atoms with Crippen LogP contribution in [0.4, 0.5) is 0 Å². The molecule has 1 amide bonds. The molecule has 5 nitrogen and oxygen atoms in total. The van der Waals surface area contributed by atoms with Crippen LogP contribution < -0.4 is 5.32 Å². The lowest BCUT2D eigenvalue weighted by atomic mass is 9.87. The van der Waals surface area contributed by atoms with Crippen LogP contribution in [0.1, 0.15) is 47.4 Å². The zero-order valence-corrected chi connectivity index (χ0v) is 14.9. The molecule has 2 atom stereocenters. The number of amides is 1. The van der Waals surface area contributed by atoms with E-state index in [4.69, 9.17) is 4.74 Å². The van der Waals surface area contributed by atoms with Gasteiger partial charge in [0.15, 0.2) is 6.10 Å². The summed E-state index contributed by atoms with van der Waals surface area (Å²) in [5, 5.41) is 3.00. The Hall–Kier alpha value is -2.08.